The fourth-order valence-electron chi connectivity index (χ4n) is 1.15. The molecule has 0 N–H and O–H groups in total. The minimum atomic E-state index is -0.423. The number of nitrogens with zero attached hydrogens (tertiary/aromatic N) is 2. The zero-order chi connectivity index (χ0) is 9.97. The van der Waals surface area contributed by atoms with E-state index in [9.17, 15) is 9.90 Å². The average molecular weight is 226 g/mol. The van der Waals surface area contributed by atoms with Gasteiger partial charge < -0.3 is 5.11 Å². The molecule has 0 amide bonds. The molecule has 5 heteroatoms. The van der Waals surface area contributed by atoms with Crippen LogP contribution in [-0.4, -0.2) is 9.78 Å². The molecule has 0 saturated heterocycles. The first-order chi connectivity index (χ1) is 6.77. The van der Waals surface area contributed by atoms with Crippen molar-refractivity contribution in [2.75, 3.05) is 0 Å². The van der Waals surface area contributed by atoms with E-state index in [0.717, 1.165) is 10.7 Å². The van der Waals surface area contributed by atoms with E-state index in [0.29, 0.717) is 5.69 Å². The van der Waals surface area contributed by atoms with Gasteiger partial charge in [-0.2, -0.15) is 9.78 Å². The molecule has 4 nitrogen and oxygen atoms in total. The Bertz CT molecular complexity index is 496. The summed E-state index contributed by atoms with van der Waals surface area (Å²) in [5, 5.41) is 14.5. The van der Waals surface area contributed by atoms with Crippen LogP contribution in [0, 0.1) is 0 Å². The van der Waals surface area contributed by atoms with Crippen molar-refractivity contribution in [2.45, 2.75) is 0 Å². The fraction of sp³-hybridized carbons (Fsp3) is 0. The second-order valence-corrected chi connectivity index (χ2v) is 2.76. The van der Waals surface area contributed by atoms with Gasteiger partial charge in [-0.05, 0) is 18.2 Å². The number of aromatic nitrogens is 2. The van der Waals surface area contributed by atoms with E-state index in [1.807, 2.05) is 6.07 Å². The summed E-state index contributed by atoms with van der Waals surface area (Å²) in [6.45, 7) is 0. The second-order valence-electron chi connectivity index (χ2n) is 2.76. The fourth-order valence-corrected chi connectivity index (χ4v) is 1.15. The number of rotatable bonds is 1. The molecule has 0 spiro atoms. The molecule has 0 atom stereocenters. The van der Waals surface area contributed by atoms with Crippen molar-refractivity contribution in [1.82, 2.24) is 9.78 Å². The maximum Gasteiger partial charge on any atom is 1.00 e. The van der Waals surface area contributed by atoms with E-state index in [1.54, 1.807) is 24.3 Å². The number of hydrogen-bond donors (Lipinski definition) is 0. The van der Waals surface area contributed by atoms with Crippen LogP contribution in [0.4, 0.5) is 0 Å². The van der Waals surface area contributed by atoms with Gasteiger partial charge >= 0.3 is 51.4 Å². The van der Waals surface area contributed by atoms with E-state index >= 15 is 0 Å². The molecule has 0 aliphatic rings. The standard InChI is InChI=1S/C10H8N2O2.K/c13-9-6-7-10(14)12(11-9)8-4-2-1-3-5-8;/h1-7H,(H,11,13);/q;+1/p-1. The molecule has 1 aromatic heterocycles. The van der Waals surface area contributed by atoms with Gasteiger partial charge in [-0.3, -0.25) is 4.79 Å². The molecule has 0 radical (unpaired) electrons. The Balaban J connectivity index is 0.00000112. The van der Waals surface area contributed by atoms with E-state index < -0.39 is 5.88 Å². The molecule has 15 heavy (non-hydrogen) atoms. The topological polar surface area (TPSA) is 57.9 Å². The first kappa shape index (κ1) is 12.6. The van der Waals surface area contributed by atoms with Crippen LogP contribution in [0.3, 0.4) is 0 Å². The Kier molecular flexibility index (Phi) is 4.68. The summed E-state index contributed by atoms with van der Waals surface area (Å²) in [4.78, 5) is 11.3. The zero-order valence-corrected chi connectivity index (χ0v) is 11.4. The van der Waals surface area contributed by atoms with Crippen LogP contribution in [0.15, 0.2) is 47.3 Å². The summed E-state index contributed by atoms with van der Waals surface area (Å²) >= 11 is 0. The van der Waals surface area contributed by atoms with Gasteiger partial charge in [0.25, 0.3) is 5.56 Å². The molecule has 0 aliphatic heterocycles. The number of para-hydroxylation sites is 1. The summed E-state index contributed by atoms with van der Waals surface area (Å²) < 4.78 is 1.09. The normalized spacial score (nSPS) is 9.33. The van der Waals surface area contributed by atoms with E-state index in [2.05, 4.69) is 5.10 Å². The third-order valence-corrected chi connectivity index (χ3v) is 1.78. The Labute approximate surface area is 129 Å². The van der Waals surface area contributed by atoms with E-state index in [4.69, 9.17) is 0 Å². The largest absolute Gasteiger partial charge is 1.00 e. The molecule has 2 rings (SSSR count). The van der Waals surface area contributed by atoms with Gasteiger partial charge in [-0.15, -0.1) is 0 Å². The molecule has 70 valence electrons. The van der Waals surface area contributed by atoms with Gasteiger partial charge in [0.2, 0.25) is 0 Å². The van der Waals surface area contributed by atoms with Crippen LogP contribution in [-0.2, 0) is 0 Å². The summed E-state index contributed by atoms with van der Waals surface area (Å²) in [5.41, 5.74) is 0.283. The van der Waals surface area contributed by atoms with Crippen LogP contribution in [0.5, 0.6) is 5.88 Å². The van der Waals surface area contributed by atoms with Crippen LogP contribution in [0.1, 0.15) is 0 Å². The number of hydrogen-bond acceptors (Lipinski definition) is 3. The SMILES string of the molecule is O=c1ccc([O-])nn1-c1ccccc1.[K+]. The second kappa shape index (κ2) is 5.57. The van der Waals surface area contributed by atoms with E-state index in [1.165, 1.54) is 6.07 Å². The van der Waals surface area contributed by atoms with Crippen LogP contribution in [0.2, 0.25) is 0 Å². The van der Waals surface area contributed by atoms with Gasteiger partial charge in [0, 0.05) is 11.9 Å². The average Bonchev–Trinajstić information content (AvgIpc) is 2.23. The van der Waals surface area contributed by atoms with Crippen LogP contribution < -0.4 is 62.1 Å². The maximum atomic E-state index is 11.3. The Morgan fingerprint density at radius 1 is 1.07 bits per heavy atom. The van der Waals surface area contributed by atoms with Gasteiger partial charge in [0.1, 0.15) is 0 Å². The molecule has 0 fully saturated rings. The maximum absolute atomic E-state index is 11.3. The third-order valence-electron chi connectivity index (χ3n) is 1.78. The zero-order valence-electron chi connectivity index (χ0n) is 8.25. The van der Waals surface area contributed by atoms with Gasteiger partial charge in [0.05, 0.1) is 5.69 Å². The predicted molar refractivity (Wildman–Crippen MR) is 49.3 cm³/mol. The van der Waals surface area contributed by atoms with E-state index in [-0.39, 0.29) is 56.9 Å². The van der Waals surface area contributed by atoms with Crippen molar-refractivity contribution in [2.24, 2.45) is 0 Å². The van der Waals surface area contributed by atoms with Crippen molar-refractivity contribution in [3.05, 3.63) is 52.8 Å². The van der Waals surface area contributed by atoms with Crippen LogP contribution >= 0.6 is 0 Å². The molecule has 0 saturated carbocycles. The smallest absolute Gasteiger partial charge is 0.857 e. The Hall–Kier alpha value is -0.464. The first-order valence-corrected chi connectivity index (χ1v) is 4.10. The van der Waals surface area contributed by atoms with Crippen molar-refractivity contribution in [3.63, 3.8) is 0 Å². The molecule has 0 unspecified atom stereocenters. The van der Waals surface area contributed by atoms with Crippen molar-refractivity contribution in [3.8, 4) is 11.6 Å². The van der Waals surface area contributed by atoms with Gasteiger partial charge in [0.15, 0.2) is 0 Å². The molecule has 1 heterocycles. The van der Waals surface area contributed by atoms with Crippen molar-refractivity contribution in [1.29, 1.82) is 0 Å². The third kappa shape index (κ3) is 2.99. The predicted octanol–water partition coefficient (Wildman–Crippen LogP) is -2.69. The molecular weight excluding hydrogens is 219 g/mol. The first-order valence-electron chi connectivity index (χ1n) is 4.10. The van der Waals surface area contributed by atoms with Crippen molar-refractivity contribution >= 4 is 0 Å². The molecule has 0 bridgehead atoms. The summed E-state index contributed by atoms with van der Waals surface area (Å²) in [7, 11) is 0. The molecule has 2 aromatic rings. The molecule has 1 aromatic carbocycles. The molecular formula is C10H7KN2O2. The Morgan fingerprint density at radius 2 is 1.73 bits per heavy atom. The van der Waals surface area contributed by atoms with Gasteiger partial charge in [-0.1, -0.05) is 18.2 Å². The van der Waals surface area contributed by atoms with Crippen LogP contribution in [0.25, 0.3) is 5.69 Å². The summed E-state index contributed by atoms with van der Waals surface area (Å²) in [6.07, 6.45) is 0. The minimum absolute atomic E-state index is 0. The van der Waals surface area contributed by atoms with Crippen molar-refractivity contribution < 1.29 is 56.5 Å². The number of benzene rings is 1. The molecule has 0 aliphatic carbocycles. The monoisotopic (exact) mass is 226 g/mol. The summed E-state index contributed by atoms with van der Waals surface area (Å²) in [6, 6.07) is 11.2. The minimum Gasteiger partial charge on any atom is -0.857 e. The summed E-state index contributed by atoms with van der Waals surface area (Å²) in [5.74, 6) is -0.423. The van der Waals surface area contributed by atoms with Gasteiger partial charge in [-0.25, -0.2) is 0 Å². The quantitative estimate of drug-likeness (QED) is 0.498. The Morgan fingerprint density at radius 3 is 2.40 bits per heavy atom.